The second kappa shape index (κ2) is 4.52. The zero-order chi connectivity index (χ0) is 11.5. The Morgan fingerprint density at radius 3 is 2.69 bits per heavy atom. The number of carbonyl (C=O) groups is 1. The van der Waals surface area contributed by atoms with E-state index in [1.807, 2.05) is 30.0 Å². The van der Waals surface area contributed by atoms with Crippen LogP contribution in [0.2, 0.25) is 0 Å². The van der Waals surface area contributed by atoms with Gasteiger partial charge in [-0.15, -0.1) is 0 Å². The third-order valence-corrected chi connectivity index (χ3v) is 3.08. The normalized spacial score (nSPS) is 23.1. The average molecular weight is 215 g/mol. The summed E-state index contributed by atoms with van der Waals surface area (Å²) in [5, 5.41) is 0. The van der Waals surface area contributed by atoms with E-state index in [4.69, 9.17) is 0 Å². The lowest BCUT2D eigenvalue weighted by atomic mass is 10.1. The number of allylic oxidation sites excluding steroid dienone is 2. The van der Waals surface area contributed by atoms with Crippen molar-refractivity contribution >= 4 is 5.91 Å². The molecule has 0 radical (unpaired) electrons. The lowest BCUT2D eigenvalue weighted by Crippen LogP contribution is -2.22. The van der Waals surface area contributed by atoms with E-state index >= 15 is 0 Å². The van der Waals surface area contributed by atoms with Gasteiger partial charge in [0.15, 0.2) is 0 Å². The molecule has 0 aromatic heterocycles. The van der Waals surface area contributed by atoms with Crippen LogP contribution in [0.5, 0.6) is 0 Å². The molecule has 1 aliphatic rings. The Labute approximate surface area is 96.6 Å². The highest BCUT2D eigenvalue weighted by Gasteiger charge is 2.30. The van der Waals surface area contributed by atoms with E-state index in [1.54, 1.807) is 0 Å². The predicted octanol–water partition coefficient (Wildman–Crippen LogP) is 2.96. The maximum absolute atomic E-state index is 11.8. The summed E-state index contributed by atoms with van der Waals surface area (Å²) in [6, 6.07) is 10.1. The van der Waals surface area contributed by atoms with Crippen LogP contribution in [0.25, 0.3) is 0 Å². The molecule has 2 rings (SSSR count). The van der Waals surface area contributed by atoms with Crippen LogP contribution in [0.4, 0.5) is 0 Å². The maximum Gasteiger partial charge on any atom is 0.227 e. The van der Waals surface area contributed by atoms with Crippen molar-refractivity contribution < 1.29 is 4.79 Å². The van der Waals surface area contributed by atoms with Gasteiger partial charge in [0, 0.05) is 18.0 Å². The molecule has 1 aliphatic heterocycles. The first-order chi connectivity index (χ1) is 7.72. The molecule has 16 heavy (non-hydrogen) atoms. The Bertz CT molecular complexity index is 408. The highest BCUT2D eigenvalue weighted by atomic mass is 16.2. The van der Waals surface area contributed by atoms with Crippen LogP contribution >= 0.6 is 0 Å². The number of carbonyl (C=O) groups excluding carboxylic acids is 1. The van der Waals surface area contributed by atoms with Gasteiger partial charge in [0.2, 0.25) is 5.91 Å². The Kier molecular flexibility index (Phi) is 3.09. The van der Waals surface area contributed by atoms with Crippen molar-refractivity contribution in [2.24, 2.45) is 5.92 Å². The van der Waals surface area contributed by atoms with Gasteiger partial charge >= 0.3 is 0 Å². The van der Waals surface area contributed by atoms with Gasteiger partial charge in [-0.05, 0) is 12.5 Å². The molecule has 0 N–H and O–H groups in total. The van der Waals surface area contributed by atoms with Crippen molar-refractivity contribution in [1.82, 2.24) is 4.90 Å². The number of benzene rings is 1. The average Bonchev–Trinajstić information content (AvgIpc) is 2.55. The van der Waals surface area contributed by atoms with Crippen LogP contribution in [0.15, 0.2) is 42.1 Å². The number of amides is 1. The molecule has 1 aromatic rings. The van der Waals surface area contributed by atoms with Crippen LogP contribution in [-0.4, -0.2) is 10.8 Å². The monoisotopic (exact) mass is 215 g/mol. The van der Waals surface area contributed by atoms with Crippen LogP contribution in [-0.2, 0) is 11.3 Å². The van der Waals surface area contributed by atoms with Crippen LogP contribution in [0.1, 0.15) is 25.8 Å². The molecule has 1 fully saturated rings. The fourth-order valence-electron chi connectivity index (χ4n) is 2.27. The van der Waals surface area contributed by atoms with E-state index in [9.17, 15) is 4.79 Å². The molecule has 1 amide bonds. The fourth-order valence-corrected chi connectivity index (χ4v) is 2.27. The number of likely N-dealkylation sites (tertiary alicyclic amines) is 1. The summed E-state index contributed by atoms with van der Waals surface area (Å²) in [6.07, 6.45) is 2.70. The van der Waals surface area contributed by atoms with Gasteiger partial charge in [0.1, 0.15) is 0 Å². The van der Waals surface area contributed by atoms with Crippen LogP contribution < -0.4 is 0 Å². The standard InChI is InChI=1S/C14H17NO/c1-3-13-11(2)9-14(16)15(13)10-12-7-5-4-6-8-12/h3-8,11H,9-10H2,1-2H3/b13-3+. The molecule has 0 saturated carbocycles. The summed E-state index contributed by atoms with van der Waals surface area (Å²) >= 11 is 0. The third-order valence-electron chi connectivity index (χ3n) is 3.08. The fraction of sp³-hybridized carbons (Fsp3) is 0.357. The first-order valence-electron chi connectivity index (χ1n) is 5.73. The van der Waals surface area contributed by atoms with Gasteiger partial charge in [-0.1, -0.05) is 43.3 Å². The van der Waals surface area contributed by atoms with Crippen molar-refractivity contribution in [2.75, 3.05) is 0 Å². The summed E-state index contributed by atoms with van der Waals surface area (Å²) in [7, 11) is 0. The van der Waals surface area contributed by atoms with Gasteiger partial charge in [-0.2, -0.15) is 0 Å². The number of hydrogen-bond donors (Lipinski definition) is 0. The molecule has 2 nitrogen and oxygen atoms in total. The minimum atomic E-state index is 0.240. The first kappa shape index (κ1) is 10.9. The molecule has 84 valence electrons. The third kappa shape index (κ3) is 2.01. The molecule has 0 spiro atoms. The maximum atomic E-state index is 11.8. The summed E-state index contributed by atoms with van der Waals surface area (Å²) in [5.74, 6) is 0.602. The van der Waals surface area contributed by atoms with Crippen LogP contribution in [0.3, 0.4) is 0 Å². The zero-order valence-electron chi connectivity index (χ0n) is 9.81. The van der Waals surface area contributed by atoms with E-state index in [1.165, 1.54) is 5.56 Å². The minimum Gasteiger partial charge on any atom is -0.312 e. The van der Waals surface area contributed by atoms with Crippen molar-refractivity contribution in [1.29, 1.82) is 0 Å². The molecule has 0 aliphatic carbocycles. The van der Waals surface area contributed by atoms with Crippen molar-refractivity contribution in [3.05, 3.63) is 47.7 Å². The lowest BCUT2D eigenvalue weighted by molar-refractivity contribution is -0.127. The minimum absolute atomic E-state index is 0.240. The van der Waals surface area contributed by atoms with Crippen LogP contribution in [0, 0.1) is 5.92 Å². The van der Waals surface area contributed by atoms with Gasteiger partial charge in [-0.25, -0.2) is 0 Å². The molecular formula is C14H17NO. The summed E-state index contributed by atoms with van der Waals surface area (Å²) in [4.78, 5) is 13.7. The predicted molar refractivity (Wildman–Crippen MR) is 64.5 cm³/mol. The van der Waals surface area contributed by atoms with Crippen molar-refractivity contribution in [3.63, 3.8) is 0 Å². The van der Waals surface area contributed by atoms with Gasteiger partial charge < -0.3 is 4.90 Å². The second-order valence-electron chi connectivity index (χ2n) is 4.28. The van der Waals surface area contributed by atoms with E-state index < -0.39 is 0 Å². The highest BCUT2D eigenvalue weighted by molar-refractivity contribution is 5.81. The Morgan fingerprint density at radius 1 is 1.38 bits per heavy atom. The highest BCUT2D eigenvalue weighted by Crippen LogP contribution is 2.29. The van der Waals surface area contributed by atoms with E-state index in [0.29, 0.717) is 18.9 Å². The van der Waals surface area contributed by atoms with E-state index in [0.717, 1.165) is 5.70 Å². The van der Waals surface area contributed by atoms with E-state index in [-0.39, 0.29) is 5.91 Å². The quantitative estimate of drug-likeness (QED) is 0.742. The molecule has 1 aromatic carbocycles. The largest absolute Gasteiger partial charge is 0.312 e. The van der Waals surface area contributed by atoms with Gasteiger partial charge in [-0.3, -0.25) is 4.79 Å². The Morgan fingerprint density at radius 2 is 2.06 bits per heavy atom. The van der Waals surface area contributed by atoms with Crippen molar-refractivity contribution in [2.45, 2.75) is 26.8 Å². The molecule has 0 bridgehead atoms. The number of hydrogen-bond acceptors (Lipinski definition) is 1. The Hall–Kier alpha value is -1.57. The SMILES string of the molecule is C/C=C1\C(C)CC(=O)N1Cc1ccccc1. The Balaban J connectivity index is 2.18. The molecule has 2 heteroatoms. The molecule has 1 atom stereocenters. The second-order valence-corrected chi connectivity index (χ2v) is 4.28. The summed E-state index contributed by atoms with van der Waals surface area (Å²) in [5.41, 5.74) is 2.35. The zero-order valence-corrected chi connectivity index (χ0v) is 9.81. The molecule has 1 heterocycles. The topological polar surface area (TPSA) is 20.3 Å². The lowest BCUT2D eigenvalue weighted by Gasteiger charge is -2.19. The first-order valence-corrected chi connectivity index (χ1v) is 5.73. The van der Waals surface area contributed by atoms with E-state index in [2.05, 4.69) is 25.1 Å². The molecule has 1 saturated heterocycles. The number of rotatable bonds is 2. The van der Waals surface area contributed by atoms with Crippen molar-refractivity contribution in [3.8, 4) is 0 Å². The molecule has 1 unspecified atom stereocenters. The smallest absolute Gasteiger partial charge is 0.227 e. The summed E-state index contributed by atoms with van der Waals surface area (Å²) < 4.78 is 0. The van der Waals surface area contributed by atoms with Gasteiger partial charge in [0.05, 0.1) is 6.54 Å². The molecular weight excluding hydrogens is 198 g/mol. The van der Waals surface area contributed by atoms with Gasteiger partial charge in [0.25, 0.3) is 0 Å². The number of nitrogens with zero attached hydrogens (tertiary/aromatic N) is 1. The summed E-state index contributed by atoms with van der Waals surface area (Å²) in [6.45, 7) is 4.81.